The van der Waals surface area contributed by atoms with Crippen molar-refractivity contribution < 1.29 is 8.42 Å². The molecule has 0 fully saturated rings. The number of rotatable bonds is 3. The molecule has 7 nitrogen and oxygen atoms in total. The smallest absolute Gasteiger partial charge is 0.229 e. The van der Waals surface area contributed by atoms with E-state index in [1.807, 2.05) is 0 Å². The van der Waals surface area contributed by atoms with Crippen LogP contribution in [0.2, 0.25) is 0 Å². The molecule has 0 aliphatic heterocycles. The van der Waals surface area contributed by atoms with Crippen molar-refractivity contribution in [3.63, 3.8) is 0 Å². The van der Waals surface area contributed by atoms with Crippen LogP contribution in [0.15, 0.2) is 41.6 Å². The average molecular weight is 289 g/mol. The Hall–Kier alpha value is -2.48. The van der Waals surface area contributed by atoms with Crippen LogP contribution in [0.5, 0.6) is 0 Å². The summed E-state index contributed by atoms with van der Waals surface area (Å²) in [7, 11) is -3.19. The molecule has 1 aromatic carbocycles. The minimum absolute atomic E-state index is 0.271. The number of nitrogens with one attached hydrogen (secondary N) is 2. The molecule has 0 bridgehead atoms. The zero-order chi connectivity index (χ0) is 14.2. The van der Waals surface area contributed by atoms with Gasteiger partial charge in [0.25, 0.3) is 0 Å². The Morgan fingerprint density at radius 1 is 1.15 bits per heavy atom. The number of hydrogen-bond acceptors (Lipinski definition) is 6. The van der Waals surface area contributed by atoms with Gasteiger partial charge >= 0.3 is 0 Å². The minimum Gasteiger partial charge on any atom is -0.324 e. The Morgan fingerprint density at radius 3 is 2.60 bits per heavy atom. The highest BCUT2D eigenvalue weighted by molar-refractivity contribution is 7.90. The van der Waals surface area contributed by atoms with Gasteiger partial charge in [0.1, 0.15) is 0 Å². The third kappa shape index (κ3) is 2.45. The van der Waals surface area contributed by atoms with Gasteiger partial charge in [0.2, 0.25) is 5.95 Å². The standard InChI is InChI=1S/C12H11N5O2S/c1-20(18,19)10-4-2-9(3-5-10)15-12-13-6-8-7-14-17-11(8)16-12/h2-7H,1H3,(H2,13,14,15,16,17). The second-order valence-corrected chi connectivity index (χ2v) is 6.30. The molecule has 0 radical (unpaired) electrons. The second-order valence-electron chi connectivity index (χ2n) is 4.29. The van der Waals surface area contributed by atoms with Gasteiger partial charge in [0.15, 0.2) is 15.5 Å². The fourth-order valence-corrected chi connectivity index (χ4v) is 2.34. The van der Waals surface area contributed by atoms with E-state index in [4.69, 9.17) is 0 Å². The van der Waals surface area contributed by atoms with Gasteiger partial charge in [0.05, 0.1) is 16.5 Å². The molecule has 2 N–H and O–H groups in total. The van der Waals surface area contributed by atoms with Crippen molar-refractivity contribution in [2.45, 2.75) is 4.90 Å². The number of hydrogen-bond donors (Lipinski definition) is 2. The van der Waals surface area contributed by atoms with Gasteiger partial charge in [-0.1, -0.05) is 0 Å². The summed E-state index contributed by atoms with van der Waals surface area (Å²) >= 11 is 0. The molecule has 102 valence electrons. The van der Waals surface area contributed by atoms with E-state index in [0.717, 1.165) is 5.39 Å². The van der Waals surface area contributed by atoms with Crippen LogP contribution >= 0.6 is 0 Å². The molecule has 2 heterocycles. The number of aromatic nitrogens is 4. The third-order valence-corrected chi connectivity index (χ3v) is 3.86. The summed E-state index contributed by atoms with van der Waals surface area (Å²) in [6.45, 7) is 0. The highest BCUT2D eigenvalue weighted by Gasteiger charge is 2.07. The van der Waals surface area contributed by atoms with Gasteiger partial charge in [-0.25, -0.2) is 13.4 Å². The van der Waals surface area contributed by atoms with Crippen molar-refractivity contribution in [3.8, 4) is 0 Å². The van der Waals surface area contributed by atoms with E-state index in [2.05, 4.69) is 25.5 Å². The van der Waals surface area contributed by atoms with Gasteiger partial charge in [-0.05, 0) is 24.3 Å². The molecule has 2 aromatic heterocycles. The highest BCUT2D eigenvalue weighted by Crippen LogP contribution is 2.17. The molecule has 0 spiro atoms. The Kier molecular flexibility index (Phi) is 2.87. The van der Waals surface area contributed by atoms with Gasteiger partial charge in [-0.15, -0.1) is 0 Å². The normalized spacial score (nSPS) is 11.7. The quantitative estimate of drug-likeness (QED) is 0.757. The number of sulfone groups is 1. The van der Waals surface area contributed by atoms with E-state index < -0.39 is 9.84 Å². The first-order valence-corrected chi connectivity index (χ1v) is 7.65. The van der Waals surface area contributed by atoms with Gasteiger partial charge in [-0.2, -0.15) is 10.1 Å². The number of benzene rings is 1. The van der Waals surface area contributed by atoms with Gasteiger partial charge in [0, 0.05) is 18.1 Å². The van der Waals surface area contributed by atoms with Crippen molar-refractivity contribution in [2.75, 3.05) is 11.6 Å². The molecule has 8 heteroatoms. The summed E-state index contributed by atoms with van der Waals surface area (Å²) in [5.74, 6) is 0.411. The zero-order valence-electron chi connectivity index (χ0n) is 10.5. The maximum Gasteiger partial charge on any atom is 0.229 e. The predicted octanol–water partition coefficient (Wildman–Crippen LogP) is 1.50. The zero-order valence-corrected chi connectivity index (χ0v) is 11.3. The molecule has 20 heavy (non-hydrogen) atoms. The second kappa shape index (κ2) is 4.57. The molecule has 0 aliphatic carbocycles. The van der Waals surface area contributed by atoms with Crippen LogP contribution in [-0.4, -0.2) is 34.8 Å². The Morgan fingerprint density at radius 2 is 1.90 bits per heavy atom. The lowest BCUT2D eigenvalue weighted by Crippen LogP contribution is -1.99. The molecule has 0 saturated carbocycles. The van der Waals surface area contributed by atoms with E-state index in [1.54, 1.807) is 24.5 Å². The van der Waals surface area contributed by atoms with Crippen LogP contribution in [0.1, 0.15) is 0 Å². The number of anilines is 2. The molecular weight excluding hydrogens is 278 g/mol. The van der Waals surface area contributed by atoms with Crippen molar-refractivity contribution in [1.82, 2.24) is 20.2 Å². The van der Waals surface area contributed by atoms with E-state index >= 15 is 0 Å². The summed E-state index contributed by atoms with van der Waals surface area (Å²) in [5.41, 5.74) is 1.34. The molecule has 3 rings (SSSR count). The lowest BCUT2D eigenvalue weighted by Gasteiger charge is -2.05. The number of fused-ring (bicyclic) bond motifs is 1. The van der Waals surface area contributed by atoms with Crippen LogP contribution < -0.4 is 5.32 Å². The van der Waals surface area contributed by atoms with Crippen molar-refractivity contribution in [3.05, 3.63) is 36.7 Å². The summed E-state index contributed by atoms with van der Waals surface area (Å²) in [6, 6.07) is 6.40. The summed E-state index contributed by atoms with van der Waals surface area (Å²) in [6.07, 6.45) is 4.46. The topological polar surface area (TPSA) is 101 Å². The van der Waals surface area contributed by atoms with E-state index in [-0.39, 0.29) is 4.90 Å². The SMILES string of the molecule is CS(=O)(=O)c1ccc(Nc2ncc3cn[nH]c3n2)cc1. The monoisotopic (exact) mass is 289 g/mol. The number of H-pyrrole nitrogens is 1. The van der Waals surface area contributed by atoms with Crippen molar-refractivity contribution in [1.29, 1.82) is 0 Å². The predicted molar refractivity (Wildman–Crippen MR) is 74.5 cm³/mol. The summed E-state index contributed by atoms with van der Waals surface area (Å²) in [5, 5.41) is 10.4. The first kappa shape index (κ1) is 12.5. The molecule has 0 saturated heterocycles. The lowest BCUT2D eigenvalue weighted by molar-refractivity contribution is 0.602. The van der Waals surface area contributed by atoms with Crippen LogP contribution in [0.3, 0.4) is 0 Å². The molecule has 0 atom stereocenters. The fourth-order valence-electron chi connectivity index (χ4n) is 1.71. The van der Waals surface area contributed by atoms with Crippen LogP contribution in [0.25, 0.3) is 11.0 Å². The Bertz CT molecular complexity index is 855. The van der Waals surface area contributed by atoms with Gasteiger partial charge in [-0.3, -0.25) is 5.10 Å². The number of aromatic amines is 1. The lowest BCUT2D eigenvalue weighted by atomic mass is 10.3. The van der Waals surface area contributed by atoms with Crippen LogP contribution in [0, 0.1) is 0 Å². The Balaban J connectivity index is 1.87. The largest absolute Gasteiger partial charge is 0.324 e. The first-order valence-electron chi connectivity index (χ1n) is 5.76. The van der Waals surface area contributed by atoms with E-state index in [0.29, 0.717) is 17.3 Å². The average Bonchev–Trinajstić information content (AvgIpc) is 2.86. The van der Waals surface area contributed by atoms with Gasteiger partial charge < -0.3 is 5.32 Å². The number of nitrogens with zero attached hydrogens (tertiary/aromatic N) is 3. The minimum atomic E-state index is -3.19. The van der Waals surface area contributed by atoms with E-state index in [9.17, 15) is 8.42 Å². The van der Waals surface area contributed by atoms with Crippen molar-refractivity contribution >= 4 is 32.5 Å². The maximum atomic E-state index is 11.4. The van der Waals surface area contributed by atoms with E-state index in [1.165, 1.54) is 18.4 Å². The highest BCUT2D eigenvalue weighted by atomic mass is 32.2. The first-order chi connectivity index (χ1) is 9.52. The van der Waals surface area contributed by atoms with Crippen LogP contribution in [-0.2, 0) is 9.84 Å². The molecule has 0 aliphatic rings. The van der Waals surface area contributed by atoms with Crippen molar-refractivity contribution in [2.24, 2.45) is 0 Å². The third-order valence-electron chi connectivity index (χ3n) is 2.73. The maximum absolute atomic E-state index is 11.4. The molecule has 3 aromatic rings. The molecule has 0 unspecified atom stereocenters. The summed E-state index contributed by atoms with van der Waals surface area (Å²) in [4.78, 5) is 8.66. The summed E-state index contributed by atoms with van der Waals surface area (Å²) < 4.78 is 22.7. The Labute approximate surface area is 115 Å². The fraction of sp³-hybridized carbons (Fsp3) is 0.0833. The van der Waals surface area contributed by atoms with Crippen LogP contribution in [0.4, 0.5) is 11.6 Å². The molecular formula is C12H11N5O2S. The molecule has 0 amide bonds.